The summed E-state index contributed by atoms with van der Waals surface area (Å²) in [6.45, 7) is 1.97. The third kappa shape index (κ3) is 5.55. The van der Waals surface area contributed by atoms with Gasteiger partial charge in [0.15, 0.2) is 11.5 Å². The van der Waals surface area contributed by atoms with Crippen molar-refractivity contribution in [1.29, 1.82) is 0 Å². The molecule has 0 aliphatic carbocycles. The van der Waals surface area contributed by atoms with Gasteiger partial charge in [-0.15, -0.1) is 0 Å². The maximum atomic E-state index is 13.0. The molecule has 2 aromatic carbocycles. The molecule has 2 N–H and O–H groups in total. The monoisotopic (exact) mass is 474 g/mol. The Hall–Kier alpha value is -3.31. The van der Waals surface area contributed by atoms with Crippen LogP contribution in [0.5, 0.6) is 11.5 Å². The van der Waals surface area contributed by atoms with Crippen molar-refractivity contribution in [2.75, 3.05) is 51.3 Å². The largest absolute Gasteiger partial charge is 0.486 e. The van der Waals surface area contributed by atoms with E-state index in [4.69, 9.17) is 9.47 Å². The molecule has 1 saturated heterocycles. The third-order valence-electron chi connectivity index (χ3n) is 5.40. The minimum atomic E-state index is -3.71. The van der Waals surface area contributed by atoms with E-state index in [1.54, 1.807) is 23.1 Å². The van der Waals surface area contributed by atoms with E-state index in [-0.39, 0.29) is 42.9 Å². The zero-order chi connectivity index (χ0) is 23.3. The van der Waals surface area contributed by atoms with Crippen LogP contribution in [0.3, 0.4) is 0 Å². The first-order valence-corrected chi connectivity index (χ1v) is 12.1. The molecule has 0 radical (unpaired) electrons. The molecule has 0 unspecified atom stereocenters. The third-order valence-corrected chi connectivity index (χ3v) is 7.29. The number of sulfonamides is 1. The molecule has 11 heteroatoms. The van der Waals surface area contributed by atoms with Crippen molar-refractivity contribution < 1.29 is 27.5 Å². The summed E-state index contributed by atoms with van der Waals surface area (Å²) in [7, 11) is -3.71. The van der Waals surface area contributed by atoms with Gasteiger partial charge in [0.1, 0.15) is 13.2 Å². The SMILES string of the molecule is O=C(NCCC(=O)N1CCN(S(=O)(=O)c2ccc3c(c2)OCCO3)CC1)Nc1ccccc1. The molecule has 0 saturated carbocycles. The Morgan fingerprint density at radius 1 is 0.909 bits per heavy atom. The van der Waals surface area contributed by atoms with E-state index in [1.165, 1.54) is 16.4 Å². The van der Waals surface area contributed by atoms with Gasteiger partial charge in [-0.1, -0.05) is 18.2 Å². The highest BCUT2D eigenvalue weighted by molar-refractivity contribution is 7.89. The van der Waals surface area contributed by atoms with Gasteiger partial charge in [-0.25, -0.2) is 13.2 Å². The van der Waals surface area contributed by atoms with Crippen LogP contribution in [0.2, 0.25) is 0 Å². The molecule has 1 fully saturated rings. The number of carbonyl (C=O) groups excluding carboxylic acids is 2. The van der Waals surface area contributed by atoms with Crippen molar-refractivity contribution in [3.8, 4) is 11.5 Å². The summed E-state index contributed by atoms with van der Waals surface area (Å²) in [6.07, 6.45) is 0.136. The minimum Gasteiger partial charge on any atom is -0.486 e. The topological polar surface area (TPSA) is 117 Å². The number of hydrogen-bond acceptors (Lipinski definition) is 6. The van der Waals surface area contributed by atoms with Gasteiger partial charge in [-0.2, -0.15) is 4.31 Å². The number of carbonyl (C=O) groups is 2. The number of hydrogen-bond donors (Lipinski definition) is 2. The molecule has 2 aromatic rings. The number of nitrogens with one attached hydrogen (secondary N) is 2. The highest BCUT2D eigenvalue weighted by Gasteiger charge is 2.31. The molecule has 2 heterocycles. The smallest absolute Gasteiger partial charge is 0.319 e. The predicted molar refractivity (Wildman–Crippen MR) is 121 cm³/mol. The quantitative estimate of drug-likeness (QED) is 0.655. The van der Waals surface area contributed by atoms with Crippen molar-refractivity contribution >= 4 is 27.6 Å². The van der Waals surface area contributed by atoms with E-state index in [1.807, 2.05) is 18.2 Å². The molecule has 3 amide bonds. The normalized spacial score (nSPS) is 16.2. The maximum absolute atomic E-state index is 13.0. The lowest BCUT2D eigenvalue weighted by Crippen LogP contribution is -2.50. The van der Waals surface area contributed by atoms with Crippen LogP contribution in [-0.2, 0) is 14.8 Å². The molecular formula is C22H26N4O6S. The Balaban J connectivity index is 1.24. The number of fused-ring (bicyclic) bond motifs is 1. The van der Waals surface area contributed by atoms with Crippen LogP contribution in [-0.4, -0.2) is 75.5 Å². The van der Waals surface area contributed by atoms with Gasteiger partial charge in [0.25, 0.3) is 0 Å². The molecule has 0 spiro atoms. The number of para-hydroxylation sites is 1. The summed E-state index contributed by atoms with van der Waals surface area (Å²) in [6, 6.07) is 13.2. The van der Waals surface area contributed by atoms with E-state index in [2.05, 4.69) is 10.6 Å². The summed E-state index contributed by atoms with van der Waals surface area (Å²) in [5, 5.41) is 5.34. The van der Waals surface area contributed by atoms with Crippen molar-refractivity contribution in [2.24, 2.45) is 0 Å². The fourth-order valence-electron chi connectivity index (χ4n) is 3.65. The van der Waals surface area contributed by atoms with E-state index in [9.17, 15) is 18.0 Å². The van der Waals surface area contributed by atoms with Gasteiger partial charge in [0, 0.05) is 50.9 Å². The number of anilines is 1. The minimum absolute atomic E-state index is 0.133. The Bertz CT molecular complexity index is 1100. The van der Waals surface area contributed by atoms with Crippen LogP contribution in [0.4, 0.5) is 10.5 Å². The van der Waals surface area contributed by atoms with Crippen molar-refractivity contribution in [2.45, 2.75) is 11.3 Å². The molecule has 0 aromatic heterocycles. The Labute approximate surface area is 192 Å². The fraction of sp³-hybridized carbons (Fsp3) is 0.364. The van der Waals surface area contributed by atoms with Crippen LogP contribution in [0, 0.1) is 0 Å². The van der Waals surface area contributed by atoms with Gasteiger partial charge in [0.05, 0.1) is 4.90 Å². The second-order valence-corrected chi connectivity index (χ2v) is 9.53. The van der Waals surface area contributed by atoms with E-state index >= 15 is 0 Å². The number of piperazine rings is 1. The van der Waals surface area contributed by atoms with Gasteiger partial charge in [-0.3, -0.25) is 4.79 Å². The number of ether oxygens (including phenoxy) is 2. The standard InChI is InChI=1S/C22H26N4O6S/c27-21(8-9-23-22(28)24-17-4-2-1-3-5-17)25-10-12-26(13-11-25)33(29,30)18-6-7-19-20(16-18)32-15-14-31-19/h1-7,16H,8-15H2,(H2,23,24,28). The van der Waals surface area contributed by atoms with Crippen LogP contribution in [0.15, 0.2) is 53.4 Å². The van der Waals surface area contributed by atoms with Gasteiger partial charge >= 0.3 is 6.03 Å². The van der Waals surface area contributed by atoms with Crippen molar-refractivity contribution in [3.05, 3.63) is 48.5 Å². The van der Waals surface area contributed by atoms with E-state index < -0.39 is 10.0 Å². The van der Waals surface area contributed by atoms with Crippen LogP contribution in [0.25, 0.3) is 0 Å². The summed E-state index contributed by atoms with van der Waals surface area (Å²) in [5.74, 6) is 0.813. The van der Waals surface area contributed by atoms with Crippen LogP contribution >= 0.6 is 0 Å². The molecule has 33 heavy (non-hydrogen) atoms. The lowest BCUT2D eigenvalue weighted by atomic mass is 10.3. The first kappa shape index (κ1) is 22.9. The summed E-state index contributed by atoms with van der Waals surface area (Å²) < 4.78 is 38.3. The average Bonchev–Trinajstić information content (AvgIpc) is 2.84. The molecule has 10 nitrogen and oxygen atoms in total. The highest BCUT2D eigenvalue weighted by Crippen LogP contribution is 2.33. The molecule has 0 bridgehead atoms. The lowest BCUT2D eigenvalue weighted by molar-refractivity contribution is -0.132. The molecule has 2 aliphatic heterocycles. The number of amides is 3. The molecule has 0 atom stereocenters. The Morgan fingerprint density at radius 3 is 2.33 bits per heavy atom. The highest BCUT2D eigenvalue weighted by atomic mass is 32.2. The number of nitrogens with zero attached hydrogens (tertiary/aromatic N) is 2. The zero-order valence-corrected chi connectivity index (χ0v) is 18.8. The number of benzene rings is 2. The lowest BCUT2D eigenvalue weighted by Gasteiger charge is -2.34. The molecule has 2 aliphatic rings. The molecular weight excluding hydrogens is 448 g/mol. The predicted octanol–water partition coefficient (Wildman–Crippen LogP) is 1.50. The Kier molecular flexibility index (Phi) is 6.99. The summed E-state index contributed by atoms with van der Waals surface area (Å²) in [5.41, 5.74) is 0.664. The van der Waals surface area contributed by atoms with Gasteiger partial charge in [-0.05, 0) is 24.3 Å². The van der Waals surface area contributed by atoms with Crippen molar-refractivity contribution in [1.82, 2.24) is 14.5 Å². The van der Waals surface area contributed by atoms with Crippen LogP contribution < -0.4 is 20.1 Å². The van der Waals surface area contributed by atoms with Gasteiger partial charge < -0.3 is 25.0 Å². The number of rotatable bonds is 6. The first-order valence-electron chi connectivity index (χ1n) is 10.7. The molecule has 176 valence electrons. The second-order valence-electron chi connectivity index (χ2n) is 7.59. The van der Waals surface area contributed by atoms with Gasteiger partial charge in [0.2, 0.25) is 15.9 Å². The summed E-state index contributed by atoms with van der Waals surface area (Å²) >= 11 is 0. The van der Waals surface area contributed by atoms with Crippen LogP contribution in [0.1, 0.15) is 6.42 Å². The average molecular weight is 475 g/mol. The second kappa shape index (κ2) is 10.1. The zero-order valence-electron chi connectivity index (χ0n) is 18.0. The van der Waals surface area contributed by atoms with E-state index in [0.29, 0.717) is 43.5 Å². The molecule has 4 rings (SSSR count). The van der Waals surface area contributed by atoms with Crippen molar-refractivity contribution in [3.63, 3.8) is 0 Å². The maximum Gasteiger partial charge on any atom is 0.319 e. The summed E-state index contributed by atoms with van der Waals surface area (Å²) in [4.78, 5) is 26.1. The first-order chi connectivity index (χ1) is 15.9. The van der Waals surface area contributed by atoms with E-state index in [0.717, 1.165) is 0 Å². The Morgan fingerprint density at radius 2 is 1.61 bits per heavy atom. The fourth-order valence-corrected chi connectivity index (χ4v) is 5.09. The number of urea groups is 1.